The molecule has 0 aliphatic carbocycles. The van der Waals surface area contributed by atoms with Crippen molar-refractivity contribution in [2.75, 3.05) is 14.2 Å². The largest absolute Gasteiger partial charge is 0.497 e. The number of methoxy groups -OCH3 is 1. The number of aromatic carboxylic acids is 1. The first-order valence-corrected chi connectivity index (χ1v) is 6.59. The van der Waals surface area contributed by atoms with Gasteiger partial charge in [-0.15, -0.1) is 0 Å². The maximum absolute atomic E-state index is 10.9. The minimum atomic E-state index is -1.00. The molecule has 1 N–H and O–H groups in total. The van der Waals surface area contributed by atoms with Gasteiger partial charge >= 0.3 is 5.97 Å². The van der Waals surface area contributed by atoms with Crippen LogP contribution in [0.4, 0.5) is 0 Å². The molecule has 1 heterocycles. The van der Waals surface area contributed by atoms with Gasteiger partial charge in [0.2, 0.25) is 0 Å². The fourth-order valence-electron chi connectivity index (χ4n) is 2.06. The summed E-state index contributed by atoms with van der Waals surface area (Å²) in [5, 5.41) is 8.94. The first-order chi connectivity index (χ1) is 10.1. The number of ether oxygens (including phenoxy) is 1. The molecule has 0 spiro atoms. The average Bonchev–Trinajstić information content (AvgIpc) is 2.48. The lowest BCUT2D eigenvalue weighted by molar-refractivity contribution is 0.0690. The van der Waals surface area contributed by atoms with Crippen molar-refractivity contribution in [1.29, 1.82) is 0 Å². The summed E-state index contributed by atoms with van der Waals surface area (Å²) in [6, 6.07) is 12.9. The fraction of sp³-hybridized carbons (Fsp3) is 0.250. The number of carboxylic acids is 1. The molecule has 0 saturated carbocycles. The van der Waals surface area contributed by atoms with Gasteiger partial charge in [0.1, 0.15) is 11.4 Å². The van der Waals surface area contributed by atoms with Gasteiger partial charge in [-0.25, -0.2) is 9.78 Å². The first kappa shape index (κ1) is 15.0. The summed E-state index contributed by atoms with van der Waals surface area (Å²) in [6.07, 6.45) is 0. The third kappa shape index (κ3) is 4.29. The van der Waals surface area contributed by atoms with Gasteiger partial charge in [0.25, 0.3) is 0 Å². The molecule has 0 aliphatic rings. The maximum Gasteiger partial charge on any atom is 0.354 e. The molecule has 0 saturated heterocycles. The Hall–Kier alpha value is -2.40. The van der Waals surface area contributed by atoms with Crippen LogP contribution in [0.3, 0.4) is 0 Å². The van der Waals surface area contributed by atoms with Crippen LogP contribution in [0.2, 0.25) is 0 Å². The molecule has 0 radical (unpaired) electrons. The summed E-state index contributed by atoms with van der Waals surface area (Å²) in [4.78, 5) is 17.1. The Morgan fingerprint density at radius 3 is 2.52 bits per heavy atom. The third-order valence-electron chi connectivity index (χ3n) is 3.07. The minimum absolute atomic E-state index is 0.0744. The Labute approximate surface area is 123 Å². The monoisotopic (exact) mass is 286 g/mol. The lowest BCUT2D eigenvalue weighted by Crippen LogP contribution is -2.18. The van der Waals surface area contributed by atoms with Crippen LogP contribution in [0, 0.1) is 0 Å². The smallest absolute Gasteiger partial charge is 0.354 e. The molecular weight excluding hydrogens is 268 g/mol. The van der Waals surface area contributed by atoms with E-state index in [0.717, 1.165) is 23.6 Å². The summed E-state index contributed by atoms with van der Waals surface area (Å²) >= 11 is 0. The van der Waals surface area contributed by atoms with Crippen LogP contribution in [-0.2, 0) is 13.1 Å². The molecule has 110 valence electrons. The molecular formula is C16H18N2O3. The van der Waals surface area contributed by atoms with Crippen molar-refractivity contribution in [2.24, 2.45) is 0 Å². The van der Waals surface area contributed by atoms with Gasteiger partial charge < -0.3 is 9.84 Å². The van der Waals surface area contributed by atoms with E-state index in [9.17, 15) is 4.79 Å². The molecule has 0 bridgehead atoms. The molecule has 1 aromatic carbocycles. The van der Waals surface area contributed by atoms with Gasteiger partial charge in [-0.2, -0.15) is 0 Å². The normalized spacial score (nSPS) is 10.6. The van der Waals surface area contributed by atoms with Crippen molar-refractivity contribution in [3.05, 3.63) is 59.4 Å². The molecule has 0 aliphatic heterocycles. The second-order valence-electron chi connectivity index (χ2n) is 4.84. The Morgan fingerprint density at radius 1 is 1.19 bits per heavy atom. The number of carboxylic acid groups (broad SMARTS) is 1. The van der Waals surface area contributed by atoms with Crippen molar-refractivity contribution in [3.63, 3.8) is 0 Å². The number of carbonyl (C=O) groups is 1. The van der Waals surface area contributed by atoms with Crippen LogP contribution in [-0.4, -0.2) is 35.1 Å². The molecule has 0 unspecified atom stereocenters. The van der Waals surface area contributed by atoms with E-state index in [2.05, 4.69) is 9.88 Å². The van der Waals surface area contributed by atoms with E-state index in [1.54, 1.807) is 13.2 Å². The Bertz CT molecular complexity index is 611. The summed E-state index contributed by atoms with van der Waals surface area (Å²) < 4.78 is 5.13. The number of rotatable bonds is 6. The number of nitrogens with zero attached hydrogens (tertiary/aromatic N) is 2. The number of aromatic nitrogens is 1. The van der Waals surface area contributed by atoms with E-state index in [0.29, 0.717) is 6.54 Å². The van der Waals surface area contributed by atoms with Crippen LogP contribution in [0.5, 0.6) is 5.75 Å². The van der Waals surface area contributed by atoms with Gasteiger partial charge in [0, 0.05) is 13.1 Å². The summed E-state index contributed by atoms with van der Waals surface area (Å²) in [6.45, 7) is 1.34. The van der Waals surface area contributed by atoms with E-state index < -0.39 is 5.97 Å². The topological polar surface area (TPSA) is 62.7 Å². The molecule has 0 amide bonds. The highest BCUT2D eigenvalue weighted by Crippen LogP contribution is 2.13. The van der Waals surface area contributed by atoms with Crippen LogP contribution in [0.15, 0.2) is 42.5 Å². The summed E-state index contributed by atoms with van der Waals surface area (Å²) in [7, 11) is 3.61. The SMILES string of the molecule is COc1ccc(CN(C)Cc2cccc(C(=O)O)n2)cc1. The highest BCUT2D eigenvalue weighted by Gasteiger charge is 2.07. The Morgan fingerprint density at radius 2 is 1.90 bits per heavy atom. The number of hydrogen-bond acceptors (Lipinski definition) is 4. The van der Waals surface area contributed by atoms with Gasteiger partial charge in [0.05, 0.1) is 12.8 Å². The zero-order valence-electron chi connectivity index (χ0n) is 12.1. The van der Waals surface area contributed by atoms with Gasteiger partial charge in [-0.3, -0.25) is 4.90 Å². The van der Waals surface area contributed by atoms with Crippen LogP contribution in [0.1, 0.15) is 21.7 Å². The molecule has 2 rings (SSSR count). The lowest BCUT2D eigenvalue weighted by Gasteiger charge is -2.16. The first-order valence-electron chi connectivity index (χ1n) is 6.59. The van der Waals surface area contributed by atoms with Gasteiger partial charge in [-0.1, -0.05) is 18.2 Å². The molecule has 1 aromatic heterocycles. The van der Waals surface area contributed by atoms with Gasteiger partial charge in [-0.05, 0) is 36.9 Å². The predicted octanol–water partition coefficient (Wildman–Crippen LogP) is 2.42. The standard InChI is InChI=1S/C16H18N2O3/c1-18(10-12-6-8-14(21-2)9-7-12)11-13-4-3-5-15(17-13)16(19)20/h3-9H,10-11H2,1-2H3,(H,19,20). The Kier molecular flexibility index (Phi) is 4.90. The zero-order chi connectivity index (χ0) is 15.2. The second-order valence-corrected chi connectivity index (χ2v) is 4.84. The molecule has 5 heteroatoms. The quantitative estimate of drug-likeness (QED) is 0.883. The van der Waals surface area contributed by atoms with Crippen molar-refractivity contribution in [1.82, 2.24) is 9.88 Å². The predicted molar refractivity (Wildman–Crippen MR) is 79.4 cm³/mol. The van der Waals surface area contributed by atoms with Crippen LogP contribution in [0.25, 0.3) is 0 Å². The summed E-state index contributed by atoms with van der Waals surface area (Å²) in [5.41, 5.74) is 1.98. The number of hydrogen-bond donors (Lipinski definition) is 1. The van der Waals surface area contributed by atoms with Crippen molar-refractivity contribution in [3.8, 4) is 5.75 Å². The average molecular weight is 286 g/mol. The van der Waals surface area contributed by atoms with E-state index in [1.807, 2.05) is 37.4 Å². The van der Waals surface area contributed by atoms with Crippen molar-refractivity contribution >= 4 is 5.97 Å². The summed E-state index contributed by atoms with van der Waals surface area (Å²) in [5.74, 6) is -0.174. The van der Waals surface area contributed by atoms with Gasteiger partial charge in [0.15, 0.2) is 0 Å². The molecule has 21 heavy (non-hydrogen) atoms. The Balaban J connectivity index is 1.98. The highest BCUT2D eigenvalue weighted by atomic mass is 16.5. The molecule has 2 aromatic rings. The van der Waals surface area contributed by atoms with E-state index in [-0.39, 0.29) is 5.69 Å². The van der Waals surface area contributed by atoms with E-state index >= 15 is 0 Å². The van der Waals surface area contributed by atoms with Crippen LogP contribution >= 0.6 is 0 Å². The maximum atomic E-state index is 10.9. The number of benzene rings is 1. The zero-order valence-corrected chi connectivity index (χ0v) is 12.1. The second kappa shape index (κ2) is 6.85. The minimum Gasteiger partial charge on any atom is -0.497 e. The fourth-order valence-corrected chi connectivity index (χ4v) is 2.06. The third-order valence-corrected chi connectivity index (χ3v) is 3.07. The molecule has 5 nitrogen and oxygen atoms in total. The van der Waals surface area contributed by atoms with E-state index in [4.69, 9.17) is 9.84 Å². The lowest BCUT2D eigenvalue weighted by atomic mass is 10.2. The van der Waals surface area contributed by atoms with E-state index in [1.165, 1.54) is 6.07 Å². The molecule has 0 fully saturated rings. The van der Waals surface area contributed by atoms with Crippen molar-refractivity contribution < 1.29 is 14.6 Å². The number of pyridine rings is 1. The van der Waals surface area contributed by atoms with Crippen LogP contribution < -0.4 is 4.74 Å². The molecule has 0 atom stereocenters. The van der Waals surface area contributed by atoms with Crippen molar-refractivity contribution in [2.45, 2.75) is 13.1 Å². The highest BCUT2D eigenvalue weighted by molar-refractivity contribution is 5.85.